The molecule has 0 spiro atoms. The Morgan fingerprint density at radius 3 is 2.80 bits per heavy atom. The number of nitrogens with one attached hydrogen (secondary N) is 1. The average Bonchev–Trinajstić information content (AvgIpc) is 2.75. The van der Waals surface area contributed by atoms with E-state index in [1.807, 2.05) is 0 Å². The van der Waals surface area contributed by atoms with Crippen molar-refractivity contribution >= 4 is 0 Å². The summed E-state index contributed by atoms with van der Waals surface area (Å²) in [5.41, 5.74) is 5.77. The SMILES string of the molecule is CC(C)c1nc(C2(C)COCC2N)n[nH]1. The molecule has 1 aliphatic heterocycles. The zero-order valence-corrected chi connectivity index (χ0v) is 9.45. The number of hydrogen-bond donors (Lipinski definition) is 2. The fourth-order valence-corrected chi connectivity index (χ4v) is 1.71. The number of rotatable bonds is 2. The number of nitrogens with zero attached hydrogens (tertiary/aromatic N) is 2. The van der Waals surface area contributed by atoms with E-state index in [4.69, 9.17) is 10.5 Å². The molecule has 5 nitrogen and oxygen atoms in total. The van der Waals surface area contributed by atoms with Gasteiger partial charge >= 0.3 is 0 Å². The molecule has 2 atom stereocenters. The van der Waals surface area contributed by atoms with Crippen LogP contribution in [0.15, 0.2) is 0 Å². The lowest BCUT2D eigenvalue weighted by atomic mass is 9.85. The van der Waals surface area contributed by atoms with E-state index < -0.39 is 0 Å². The molecule has 2 heterocycles. The molecule has 0 radical (unpaired) electrons. The van der Waals surface area contributed by atoms with E-state index in [1.165, 1.54) is 0 Å². The number of hydrogen-bond acceptors (Lipinski definition) is 4. The van der Waals surface area contributed by atoms with Gasteiger partial charge in [0.15, 0.2) is 5.82 Å². The van der Waals surface area contributed by atoms with Gasteiger partial charge in [-0.3, -0.25) is 5.10 Å². The van der Waals surface area contributed by atoms with Gasteiger partial charge < -0.3 is 10.5 Å². The topological polar surface area (TPSA) is 76.8 Å². The van der Waals surface area contributed by atoms with Gasteiger partial charge in [0.2, 0.25) is 0 Å². The molecule has 0 bridgehead atoms. The largest absolute Gasteiger partial charge is 0.379 e. The van der Waals surface area contributed by atoms with Gasteiger partial charge in [-0.1, -0.05) is 13.8 Å². The minimum atomic E-state index is -0.246. The summed E-state index contributed by atoms with van der Waals surface area (Å²) < 4.78 is 5.38. The van der Waals surface area contributed by atoms with E-state index in [0.717, 1.165) is 11.6 Å². The molecule has 1 fully saturated rings. The summed E-state index contributed by atoms with van der Waals surface area (Å²) in [6.45, 7) is 7.40. The van der Waals surface area contributed by atoms with Crippen molar-refractivity contribution in [1.29, 1.82) is 0 Å². The Balaban J connectivity index is 2.28. The first kappa shape index (κ1) is 10.6. The predicted octanol–water partition coefficient (Wildman–Crippen LogP) is 0.543. The van der Waals surface area contributed by atoms with Crippen molar-refractivity contribution in [1.82, 2.24) is 15.2 Å². The molecule has 1 aromatic heterocycles. The number of ether oxygens (including phenoxy) is 1. The predicted molar refractivity (Wildman–Crippen MR) is 56.6 cm³/mol. The molecule has 0 amide bonds. The Morgan fingerprint density at radius 1 is 1.60 bits per heavy atom. The summed E-state index contributed by atoms with van der Waals surface area (Å²) in [6.07, 6.45) is 0. The van der Waals surface area contributed by atoms with Gasteiger partial charge in [0, 0.05) is 12.0 Å². The maximum absolute atomic E-state index is 6.01. The standard InChI is InChI=1S/C10H18N4O/c1-6(2)8-12-9(14-13-8)10(3)5-15-4-7(10)11/h6-7H,4-5,11H2,1-3H3,(H,12,13,14). The minimum Gasteiger partial charge on any atom is -0.379 e. The minimum absolute atomic E-state index is 0.0201. The van der Waals surface area contributed by atoms with Gasteiger partial charge in [-0.15, -0.1) is 0 Å². The molecule has 5 heteroatoms. The lowest BCUT2D eigenvalue weighted by molar-refractivity contribution is 0.178. The second-order valence-corrected chi connectivity index (χ2v) is 4.74. The monoisotopic (exact) mass is 210 g/mol. The molecule has 0 aliphatic carbocycles. The first-order valence-corrected chi connectivity index (χ1v) is 5.30. The summed E-state index contributed by atoms with van der Waals surface area (Å²) in [7, 11) is 0. The van der Waals surface area contributed by atoms with Crippen LogP contribution >= 0.6 is 0 Å². The van der Waals surface area contributed by atoms with Crippen LogP contribution in [0.3, 0.4) is 0 Å². The van der Waals surface area contributed by atoms with Crippen molar-refractivity contribution in [3.8, 4) is 0 Å². The van der Waals surface area contributed by atoms with Crippen LogP contribution < -0.4 is 5.73 Å². The smallest absolute Gasteiger partial charge is 0.160 e. The van der Waals surface area contributed by atoms with Crippen LogP contribution in [-0.4, -0.2) is 34.4 Å². The molecule has 1 aliphatic rings. The zero-order valence-electron chi connectivity index (χ0n) is 9.45. The highest BCUT2D eigenvalue weighted by atomic mass is 16.5. The second kappa shape index (κ2) is 3.57. The first-order chi connectivity index (χ1) is 7.04. The molecule has 2 unspecified atom stereocenters. The molecular formula is C10H18N4O. The van der Waals surface area contributed by atoms with Crippen molar-refractivity contribution in [3.05, 3.63) is 11.6 Å². The van der Waals surface area contributed by atoms with E-state index >= 15 is 0 Å². The molecule has 0 aromatic carbocycles. The van der Waals surface area contributed by atoms with Crippen molar-refractivity contribution in [2.24, 2.45) is 5.73 Å². The van der Waals surface area contributed by atoms with Crippen molar-refractivity contribution in [3.63, 3.8) is 0 Å². The Bertz CT molecular complexity index is 349. The third-order valence-electron chi connectivity index (χ3n) is 3.08. The summed E-state index contributed by atoms with van der Waals surface area (Å²) >= 11 is 0. The van der Waals surface area contributed by atoms with E-state index in [0.29, 0.717) is 19.1 Å². The van der Waals surface area contributed by atoms with Gasteiger partial charge in [0.25, 0.3) is 0 Å². The fraction of sp³-hybridized carbons (Fsp3) is 0.800. The van der Waals surface area contributed by atoms with Crippen LogP contribution in [0.25, 0.3) is 0 Å². The van der Waals surface area contributed by atoms with E-state index in [-0.39, 0.29) is 11.5 Å². The number of aromatic amines is 1. The van der Waals surface area contributed by atoms with Crippen LogP contribution in [-0.2, 0) is 10.2 Å². The van der Waals surface area contributed by atoms with Gasteiger partial charge in [0.1, 0.15) is 5.82 Å². The lowest BCUT2D eigenvalue weighted by Gasteiger charge is -2.22. The zero-order chi connectivity index (χ0) is 11.1. The van der Waals surface area contributed by atoms with Crippen LogP contribution in [0.1, 0.15) is 38.3 Å². The third kappa shape index (κ3) is 1.66. The van der Waals surface area contributed by atoms with Gasteiger partial charge in [-0.2, -0.15) is 5.10 Å². The quantitative estimate of drug-likeness (QED) is 0.747. The van der Waals surface area contributed by atoms with E-state index in [2.05, 4.69) is 36.0 Å². The summed E-state index contributed by atoms with van der Waals surface area (Å²) in [5, 5.41) is 7.20. The molecule has 1 saturated heterocycles. The fourth-order valence-electron chi connectivity index (χ4n) is 1.71. The molecule has 15 heavy (non-hydrogen) atoms. The lowest BCUT2D eigenvalue weighted by Crippen LogP contribution is -2.42. The third-order valence-corrected chi connectivity index (χ3v) is 3.08. The summed E-state index contributed by atoms with van der Waals surface area (Å²) in [4.78, 5) is 4.49. The molecule has 0 saturated carbocycles. The molecule has 2 rings (SSSR count). The average molecular weight is 210 g/mol. The first-order valence-electron chi connectivity index (χ1n) is 5.30. The van der Waals surface area contributed by atoms with Crippen LogP contribution in [0, 0.1) is 0 Å². The van der Waals surface area contributed by atoms with Crippen molar-refractivity contribution in [2.75, 3.05) is 13.2 Å². The Labute approximate surface area is 89.4 Å². The van der Waals surface area contributed by atoms with Crippen LogP contribution in [0.2, 0.25) is 0 Å². The highest BCUT2D eigenvalue weighted by Crippen LogP contribution is 2.29. The normalized spacial score (nSPS) is 31.4. The number of H-pyrrole nitrogens is 1. The Hall–Kier alpha value is -0.940. The van der Waals surface area contributed by atoms with Crippen molar-refractivity contribution < 1.29 is 4.74 Å². The molecule has 3 N–H and O–H groups in total. The highest BCUT2D eigenvalue weighted by Gasteiger charge is 2.42. The number of nitrogens with two attached hydrogens (primary N) is 1. The number of aromatic nitrogens is 3. The van der Waals surface area contributed by atoms with Gasteiger partial charge in [-0.25, -0.2) is 4.98 Å². The highest BCUT2D eigenvalue weighted by molar-refractivity contribution is 5.14. The molecule has 84 valence electrons. The molecular weight excluding hydrogens is 192 g/mol. The molecule has 1 aromatic rings. The Morgan fingerprint density at radius 2 is 2.33 bits per heavy atom. The summed E-state index contributed by atoms with van der Waals surface area (Å²) in [6, 6.07) is -0.0201. The van der Waals surface area contributed by atoms with E-state index in [1.54, 1.807) is 0 Å². The maximum Gasteiger partial charge on any atom is 0.160 e. The summed E-state index contributed by atoms with van der Waals surface area (Å²) in [5.74, 6) is 2.04. The van der Waals surface area contributed by atoms with Crippen LogP contribution in [0.4, 0.5) is 0 Å². The van der Waals surface area contributed by atoms with Crippen molar-refractivity contribution in [2.45, 2.75) is 38.1 Å². The maximum atomic E-state index is 6.01. The van der Waals surface area contributed by atoms with E-state index in [9.17, 15) is 0 Å². The van der Waals surface area contributed by atoms with Gasteiger partial charge in [-0.05, 0) is 6.92 Å². The Kier molecular flexibility index (Phi) is 2.52. The van der Waals surface area contributed by atoms with Crippen LogP contribution in [0.5, 0.6) is 0 Å². The van der Waals surface area contributed by atoms with Gasteiger partial charge in [0.05, 0.1) is 18.6 Å². The second-order valence-electron chi connectivity index (χ2n) is 4.74.